The number of carbonyl (C=O) groups is 3. The molecule has 1 fully saturated rings. The van der Waals surface area contributed by atoms with Gasteiger partial charge in [0.1, 0.15) is 5.54 Å². The number of rotatable bonds is 5. The molecule has 6 nitrogen and oxygen atoms in total. The van der Waals surface area contributed by atoms with Gasteiger partial charge in [0.2, 0.25) is 11.8 Å². The van der Waals surface area contributed by atoms with E-state index in [9.17, 15) is 19.5 Å². The predicted molar refractivity (Wildman–Crippen MR) is 73.8 cm³/mol. The van der Waals surface area contributed by atoms with Gasteiger partial charge in [0.15, 0.2) is 0 Å². The second-order valence-electron chi connectivity index (χ2n) is 6.21. The molecule has 0 spiro atoms. The SMILES string of the molecule is CC(C)(NC(=O)CC1(C(=O)O)CCCCCC1)C(N)=O. The molecule has 114 valence electrons. The maximum Gasteiger partial charge on any atom is 0.310 e. The lowest BCUT2D eigenvalue weighted by molar-refractivity contribution is -0.153. The van der Waals surface area contributed by atoms with Gasteiger partial charge >= 0.3 is 5.97 Å². The zero-order chi connectivity index (χ0) is 15.4. The molecule has 4 N–H and O–H groups in total. The minimum Gasteiger partial charge on any atom is -0.481 e. The summed E-state index contributed by atoms with van der Waals surface area (Å²) in [7, 11) is 0. The van der Waals surface area contributed by atoms with E-state index in [1.807, 2.05) is 0 Å². The van der Waals surface area contributed by atoms with Gasteiger partial charge in [-0.3, -0.25) is 14.4 Å². The quantitative estimate of drug-likeness (QED) is 0.658. The molecule has 0 saturated heterocycles. The summed E-state index contributed by atoms with van der Waals surface area (Å²) in [6.07, 6.45) is 4.56. The zero-order valence-corrected chi connectivity index (χ0v) is 12.2. The van der Waals surface area contributed by atoms with Crippen LogP contribution >= 0.6 is 0 Å². The van der Waals surface area contributed by atoms with Crippen LogP contribution in [0.1, 0.15) is 58.8 Å². The summed E-state index contributed by atoms with van der Waals surface area (Å²) in [6.45, 7) is 3.02. The minimum absolute atomic E-state index is 0.0982. The number of aliphatic carboxylic acids is 1. The Morgan fingerprint density at radius 3 is 2.05 bits per heavy atom. The average Bonchev–Trinajstić information content (AvgIpc) is 2.54. The molecule has 2 amide bonds. The summed E-state index contributed by atoms with van der Waals surface area (Å²) in [5, 5.41) is 12.0. The van der Waals surface area contributed by atoms with Crippen molar-refractivity contribution in [1.29, 1.82) is 0 Å². The maximum absolute atomic E-state index is 12.1. The third-order valence-corrected chi connectivity index (χ3v) is 4.08. The van der Waals surface area contributed by atoms with Gasteiger partial charge in [0, 0.05) is 6.42 Å². The highest BCUT2D eigenvalue weighted by Crippen LogP contribution is 2.38. The molecular formula is C14H24N2O4. The van der Waals surface area contributed by atoms with Crippen molar-refractivity contribution in [3.63, 3.8) is 0 Å². The number of carboxylic acids is 1. The van der Waals surface area contributed by atoms with E-state index < -0.39 is 28.7 Å². The van der Waals surface area contributed by atoms with Gasteiger partial charge in [-0.05, 0) is 26.7 Å². The number of nitrogens with two attached hydrogens (primary N) is 1. The Labute approximate surface area is 119 Å². The Morgan fingerprint density at radius 2 is 1.65 bits per heavy atom. The second-order valence-corrected chi connectivity index (χ2v) is 6.21. The van der Waals surface area contributed by atoms with Crippen molar-refractivity contribution in [2.45, 2.75) is 64.3 Å². The lowest BCUT2D eigenvalue weighted by Gasteiger charge is -2.29. The normalized spacial score (nSPS) is 18.9. The highest BCUT2D eigenvalue weighted by Gasteiger charge is 2.41. The van der Waals surface area contributed by atoms with Crippen molar-refractivity contribution in [3.8, 4) is 0 Å². The molecule has 1 aliphatic rings. The average molecular weight is 284 g/mol. The second kappa shape index (κ2) is 6.24. The van der Waals surface area contributed by atoms with E-state index in [0.717, 1.165) is 25.7 Å². The number of primary amides is 1. The van der Waals surface area contributed by atoms with Gasteiger partial charge in [-0.1, -0.05) is 25.7 Å². The summed E-state index contributed by atoms with van der Waals surface area (Å²) >= 11 is 0. The van der Waals surface area contributed by atoms with Crippen molar-refractivity contribution >= 4 is 17.8 Å². The fourth-order valence-electron chi connectivity index (χ4n) is 2.63. The predicted octanol–water partition coefficient (Wildman–Crippen LogP) is 1.18. The van der Waals surface area contributed by atoms with Gasteiger partial charge < -0.3 is 16.2 Å². The van der Waals surface area contributed by atoms with E-state index in [2.05, 4.69) is 5.32 Å². The number of nitrogens with one attached hydrogen (secondary N) is 1. The monoisotopic (exact) mass is 284 g/mol. The Bertz CT molecular complexity index is 396. The van der Waals surface area contributed by atoms with Crippen LogP contribution in [0.4, 0.5) is 0 Å². The number of hydrogen-bond acceptors (Lipinski definition) is 3. The minimum atomic E-state index is -1.17. The maximum atomic E-state index is 12.1. The zero-order valence-electron chi connectivity index (χ0n) is 12.2. The summed E-state index contributed by atoms with van der Waals surface area (Å²) in [6, 6.07) is 0. The van der Waals surface area contributed by atoms with Gasteiger partial charge in [0.25, 0.3) is 0 Å². The number of hydrogen-bond donors (Lipinski definition) is 3. The van der Waals surface area contributed by atoms with Crippen molar-refractivity contribution in [2.24, 2.45) is 11.1 Å². The fraction of sp³-hybridized carbons (Fsp3) is 0.786. The molecule has 0 radical (unpaired) electrons. The van der Waals surface area contributed by atoms with Gasteiger partial charge in [0.05, 0.1) is 5.41 Å². The van der Waals surface area contributed by atoms with E-state index >= 15 is 0 Å². The standard InChI is InChI=1S/C14H24N2O4/c1-13(2,11(15)18)16-10(17)9-14(12(19)20)7-5-3-4-6-8-14/h3-9H2,1-2H3,(H2,15,18)(H,16,17)(H,19,20). The van der Waals surface area contributed by atoms with Crippen LogP contribution in [0.3, 0.4) is 0 Å². The summed E-state index contributed by atoms with van der Waals surface area (Å²) in [4.78, 5) is 34.9. The van der Waals surface area contributed by atoms with E-state index in [1.54, 1.807) is 0 Å². The highest BCUT2D eigenvalue weighted by molar-refractivity contribution is 5.91. The molecule has 0 bridgehead atoms. The molecule has 0 aromatic heterocycles. The first kappa shape index (κ1) is 16.5. The molecule has 0 aromatic rings. The number of amides is 2. The van der Waals surface area contributed by atoms with Crippen LogP contribution in [0.15, 0.2) is 0 Å². The third-order valence-electron chi connectivity index (χ3n) is 4.08. The summed E-state index contributed by atoms with van der Waals surface area (Å²) in [5.74, 6) is -2.00. The van der Waals surface area contributed by atoms with Crippen molar-refractivity contribution in [3.05, 3.63) is 0 Å². The number of carbonyl (C=O) groups excluding carboxylic acids is 2. The van der Waals surface area contributed by atoms with Crippen LogP contribution in [0.25, 0.3) is 0 Å². The fourth-order valence-corrected chi connectivity index (χ4v) is 2.63. The van der Waals surface area contributed by atoms with E-state index in [4.69, 9.17) is 5.73 Å². The Hall–Kier alpha value is -1.59. The molecule has 20 heavy (non-hydrogen) atoms. The summed E-state index contributed by atoms with van der Waals surface area (Å²) < 4.78 is 0. The molecule has 0 aliphatic heterocycles. The first-order valence-electron chi connectivity index (χ1n) is 7.04. The van der Waals surface area contributed by atoms with Crippen LogP contribution in [-0.2, 0) is 14.4 Å². The van der Waals surface area contributed by atoms with Crippen molar-refractivity contribution in [2.75, 3.05) is 0 Å². The lowest BCUT2D eigenvalue weighted by atomic mass is 9.77. The van der Waals surface area contributed by atoms with Crippen LogP contribution in [0.5, 0.6) is 0 Å². The van der Waals surface area contributed by atoms with Crippen LogP contribution in [0.2, 0.25) is 0 Å². The molecule has 1 saturated carbocycles. The molecule has 6 heteroatoms. The molecule has 0 heterocycles. The lowest BCUT2D eigenvalue weighted by Crippen LogP contribution is -2.54. The Kier molecular flexibility index (Phi) is 5.14. The summed E-state index contributed by atoms with van der Waals surface area (Å²) in [5.41, 5.74) is 3.03. The van der Waals surface area contributed by atoms with Crippen LogP contribution in [0, 0.1) is 5.41 Å². The van der Waals surface area contributed by atoms with Crippen molar-refractivity contribution < 1.29 is 19.5 Å². The van der Waals surface area contributed by atoms with Crippen molar-refractivity contribution in [1.82, 2.24) is 5.32 Å². The van der Waals surface area contributed by atoms with Gasteiger partial charge in [-0.2, -0.15) is 0 Å². The molecule has 1 rings (SSSR count). The third kappa shape index (κ3) is 3.95. The molecule has 0 unspecified atom stereocenters. The Morgan fingerprint density at radius 1 is 1.15 bits per heavy atom. The first-order valence-corrected chi connectivity index (χ1v) is 7.04. The van der Waals surface area contributed by atoms with Crippen LogP contribution in [-0.4, -0.2) is 28.4 Å². The first-order chi connectivity index (χ1) is 9.19. The highest BCUT2D eigenvalue weighted by atomic mass is 16.4. The Balaban J connectivity index is 2.78. The van der Waals surface area contributed by atoms with E-state index in [-0.39, 0.29) is 6.42 Å². The molecule has 0 aromatic carbocycles. The van der Waals surface area contributed by atoms with E-state index in [1.165, 1.54) is 13.8 Å². The van der Waals surface area contributed by atoms with E-state index in [0.29, 0.717) is 12.8 Å². The van der Waals surface area contributed by atoms with Gasteiger partial charge in [-0.25, -0.2) is 0 Å². The number of carboxylic acid groups (broad SMARTS) is 1. The largest absolute Gasteiger partial charge is 0.481 e. The van der Waals surface area contributed by atoms with Gasteiger partial charge in [-0.15, -0.1) is 0 Å². The smallest absolute Gasteiger partial charge is 0.310 e. The topological polar surface area (TPSA) is 109 Å². The van der Waals surface area contributed by atoms with Crippen LogP contribution < -0.4 is 11.1 Å². The molecule has 0 atom stereocenters. The molecular weight excluding hydrogens is 260 g/mol. The molecule has 1 aliphatic carbocycles.